The zero-order valence-electron chi connectivity index (χ0n) is 15.3. The zero-order valence-corrected chi connectivity index (χ0v) is 16.1. The summed E-state index contributed by atoms with van der Waals surface area (Å²) in [4.78, 5) is 11.2. The number of amides is 1. The molecule has 0 saturated carbocycles. The predicted molar refractivity (Wildman–Crippen MR) is 96.1 cm³/mol. The van der Waals surface area contributed by atoms with Gasteiger partial charge in [0.05, 0.1) is 25.2 Å². The van der Waals surface area contributed by atoms with E-state index in [1.165, 1.54) is 27.2 Å². The lowest BCUT2D eigenvalue weighted by atomic mass is 10.1. The maximum absolute atomic E-state index is 12.8. The van der Waals surface area contributed by atoms with E-state index in [1.807, 2.05) is 0 Å². The molecule has 1 atom stereocenters. The topological polar surface area (TPSA) is 103 Å². The monoisotopic (exact) mass is 386 g/mol. The normalized spacial score (nSPS) is 17.1. The first-order chi connectivity index (χ1) is 12.4. The van der Waals surface area contributed by atoms with Gasteiger partial charge in [-0.1, -0.05) is 0 Å². The van der Waals surface area contributed by atoms with Crippen molar-refractivity contribution in [2.75, 3.05) is 33.9 Å². The quantitative estimate of drug-likeness (QED) is 0.652. The molecule has 0 spiro atoms. The van der Waals surface area contributed by atoms with Gasteiger partial charge in [0.15, 0.2) is 11.5 Å². The van der Waals surface area contributed by atoms with Gasteiger partial charge in [0.1, 0.15) is 0 Å². The Bertz CT molecular complexity index is 729. The Balaban J connectivity index is 2.27. The minimum atomic E-state index is -3.76. The fourth-order valence-electron chi connectivity index (χ4n) is 2.81. The Kier molecular flexibility index (Phi) is 7.24. The molecule has 8 nitrogen and oxygen atoms in total. The maximum atomic E-state index is 12.8. The summed E-state index contributed by atoms with van der Waals surface area (Å²) in [7, 11) is -0.830. The molecule has 1 aliphatic heterocycles. The van der Waals surface area contributed by atoms with Crippen molar-refractivity contribution in [3.05, 3.63) is 17.7 Å². The summed E-state index contributed by atoms with van der Waals surface area (Å²) in [5, 5.41) is 2.67. The molecule has 9 heteroatoms. The molecule has 1 fully saturated rings. The van der Waals surface area contributed by atoms with Gasteiger partial charge in [0.2, 0.25) is 15.9 Å². The van der Waals surface area contributed by atoms with Gasteiger partial charge < -0.3 is 19.5 Å². The van der Waals surface area contributed by atoms with Crippen molar-refractivity contribution in [3.63, 3.8) is 0 Å². The number of hydrogen-bond acceptors (Lipinski definition) is 6. The minimum Gasteiger partial charge on any atom is -0.493 e. The number of sulfonamides is 1. The molecule has 1 aromatic rings. The van der Waals surface area contributed by atoms with E-state index in [4.69, 9.17) is 14.2 Å². The van der Waals surface area contributed by atoms with Gasteiger partial charge >= 0.3 is 0 Å². The number of carbonyl (C=O) groups is 1. The smallest absolute Gasteiger partial charge is 0.241 e. The number of methoxy groups -OCH3 is 2. The summed E-state index contributed by atoms with van der Waals surface area (Å²) in [6, 6.07) is 3.07. The standard InChI is InChI=1S/C17H26N2O6S/c1-12(20)18-7-6-13-9-15(23-2)16(24-3)10-17(13)26(21,22)19-11-14-5-4-8-25-14/h9-10,14,19H,4-8,11H2,1-3H3,(H,18,20)/t14-/m1/s1. The largest absolute Gasteiger partial charge is 0.493 e. The molecule has 1 amide bonds. The van der Waals surface area contributed by atoms with E-state index < -0.39 is 10.0 Å². The Hall–Kier alpha value is -1.84. The van der Waals surface area contributed by atoms with Crippen LogP contribution in [0.4, 0.5) is 0 Å². The maximum Gasteiger partial charge on any atom is 0.241 e. The van der Waals surface area contributed by atoms with Crippen LogP contribution in [0.3, 0.4) is 0 Å². The summed E-state index contributed by atoms with van der Waals surface area (Å²) in [5.41, 5.74) is 0.538. The second kappa shape index (κ2) is 9.20. The Morgan fingerprint density at radius 3 is 2.54 bits per heavy atom. The van der Waals surface area contributed by atoms with Crippen LogP contribution < -0.4 is 19.5 Å². The molecule has 0 aliphatic carbocycles. The number of hydrogen-bond donors (Lipinski definition) is 2. The van der Waals surface area contributed by atoms with E-state index >= 15 is 0 Å². The first kappa shape index (κ1) is 20.5. The van der Waals surface area contributed by atoms with Crippen LogP contribution in [0, 0.1) is 0 Å². The molecular formula is C17H26N2O6S. The van der Waals surface area contributed by atoms with Crippen LogP contribution in [-0.4, -0.2) is 54.3 Å². The van der Waals surface area contributed by atoms with Crippen molar-refractivity contribution >= 4 is 15.9 Å². The van der Waals surface area contributed by atoms with Crippen LogP contribution in [0.25, 0.3) is 0 Å². The van der Waals surface area contributed by atoms with Gasteiger partial charge in [-0.25, -0.2) is 13.1 Å². The molecule has 1 aromatic carbocycles. The van der Waals surface area contributed by atoms with Crippen molar-refractivity contribution in [2.24, 2.45) is 0 Å². The Labute approximate surface area is 154 Å². The van der Waals surface area contributed by atoms with Crippen LogP contribution in [0.1, 0.15) is 25.3 Å². The third-order valence-electron chi connectivity index (χ3n) is 4.15. The zero-order chi connectivity index (χ0) is 19.2. The summed E-state index contributed by atoms with van der Waals surface area (Å²) in [5.74, 6) is 0.586. The van der Waals surface area contributed by atoms with Crippen LogP contribution in [-0.2, 0) is 26.0 Å². The lowest BCUT2D eigenvalue weighted by molar-refractivity contribution is -0.118. The first-order valence-corrected chi connectivity index (χ1v) is 9.96. The summed E-state index contributed by atoms with van der Waals surface area (Å²) < 4.78 is 44.2. The highest BCUT2D eigenvalue weighted by molar-refractivity contribution is 7.89. The van der Waals surface area contributed by atoms with Gasteiger partial charge in [-0.3, -0.25) is 4.79 Å². The fraction of sp³-hybridized carbons (Fsp3) is 0.588. The van der Waals surface area contributed by atoms with Crippen molar-refractivity contribution in [3.8, 4) is 11.5 Å². The Morgan fingerprint density at radius 1 is 1.27 bits per heavy atom. The molecular weight excluding hydrogens is 360 g/mol. The predicted octanol–water partition coefficient (Wildman–Crippen LogP) is 0.840. The van der Waals surface area contributed by atoms with Gasteiger partial charge in [0.25, 0.3) is 0 Å². The minimum absolute atomic E-state index is 0.104. The van der Waals surface area contributed by atoms with E-state index in [9.17, 15) is 13.2 Å². The van der Waals surface area contributed by atoms with Crippen LogP contribution >= 0.6 is 0 Å². The Morgan fingerprint density at radius 2 is 1.96 bits per heavy atom. The molecule has 0 radical (unpaired) electrons. The second-order valence-electron chi connectivity index (χ2n) is 6.03. The molecule has 1 heterocycles. The molecule has 26 heavy (non-hydrogen) atoms. The van der Waals surface area contributed by atoms with E-state index in [1.54, 1.807) is 6.07 Å². The number of benzene rings is 1. The van der Waals surface area contributed by atoms with Crippen LogP contribution in [0.2, 0.25) is 0 Å². The van der Waals surface area contributed by atoms with E-state index in [0.717, 1.165) is 12.8 Å². The van der Waals surface area contributed by atoms with E-state index in [0.29, 0.717) is 36.6 Å². The van der Waals surface area contributed by atoms with E-state index in [-0.39, 0.29) is 23.5 Å². The highest BCUT2D eigenvalue weighted by atomic mass is 32.2. The third kappa shape index (κ3) is 5.33. The lowest BCUT2D eigenvalue weighted by Crippen LogP contribution is -2.32. The molecule has 2 N–H and O–H groups in total. The summed E-state index contributed by atoms with van der Waals surface area (Å²) >= 11 is 0. The molecule has 1 aliphatic rings. The number of rotatable bonds is 9. The van der Waals surface area contributed by atoms with Gasteiger partial charge in [-0.05, 0) is 30.9 Å². The van der Waals surface area contributed by atoms with Crippen molar-refractivity contribution in [1.82, 2.24) is 10.0 Å². The molecule has 146 valence electrons. The number of ether oxygens (including phenoxy) is 3. The molecule has 0 aromatic heterocycles. The molecule has 1 saturated heterocycles. The third-order valence-corrected chi connectivity index (χ3v) is 5.66. The van der Waals surface area contributed by atoms with Crippen molar-refractivity contribution < 1.29 is 27.4 Å². The lowest BCUT2D eigenvalue weighted by Gasteiger charge is -2.17. The van der Waals surface area contributed by atoms with E-state index in [2.05, 4.69) is 10.0 Å². The SMILES string of the molecule is COc1cc(CCNC(C)=O)c(S(=O)(=O)NC[C@H]2CCCO2)cc1OC. The van der Waals surface area contributed by atoms with Crippen molar-refractivity contribution in [2.45, 2.75) is 37.2 Å². The van der Waals surface area contributed by atoms with Gasteiger partial charge in [-0.15, -0.1) is 0 Å². The van der Waals surface area contributed by atoms with Crippen molar-refractivity contribution in [1.29, 1.82) is 0 Å². The number of nitrogens with one attached hydrogen (secondary N) is 2. The van der Waals surface area contributed by atoms with Crippen LogP contribution in [0.15, 0.2) is 17.0 Å². The van der Waals surface area contributed by atoms with Gasteiger partial charge in [-0.2, -0.15) is 0 Å². The average Bonchev–Trinajstić information content (AvgIpc) is 3.12. The average molecular weight is 386 g/mol. The highest BCUT2D eigenvalue weighted by Gasteiger charge is 2.24. The highest BCUT2D eigenvalue weighted by Crippen LogP contribution is 2.33. The fourth-order valence-corrected chi connectivity index (χ4v) is 4.14. The number of carbonyl (C=O) groups excluding carboxylic acids is 1. The van der Waals surface area contributed by atoms with Crippen LogP contribution in [0.5, 0.6) is 11.5 Å². The molecule has 0 unspecified atom stereocenters. The molecule has 2 rings (SSSR count). The molecule has 0 bridgehead atoms. The van der Waals surface area contributed by atoms with Gasteiger partial charge in [0, 0.05) is 32.7 Å². The second-order valence-corrected chi connectivity index (χ2v) is 7.77. The summed E-state index contributed by atoms with van der Waals surface area (Å²) in [6.07, 6.45) is 2.01. The first-order valence-electron chi connectivity index (χ1n) is 8.48. The summed E-state index contributed by atoms with van der Waals surface area (Å²) in [6.45, 7) is 2.61.